The molecule has 1 heterocycles. The van der Waals surface area contributed by atoms with Crippen molar-refractivity contribution < 1.29 is 23.4 Å². The summed E-state index contributed by atoms with van der Waals surface area (Å²) in [5.74, 6) is -3.08. The molecule has 4 nitrogen and oxygen atoms in total. The van der Waals surface area contributed by atoms with Crippen LogP contribution in [0.2, 0.25) is 0 Å². The highest BCUT2D eigenvalue weighted by molar-refractivity contribution is 5.87. The van der Waals surface area contributed by atoms with E-state index in [9.17, 15) is 13.6 Å². The third-order valence-electron chi connectivity index (χ3n) is 4.64. The monoisotopic (exact) mass is 347 g/mol. The van der Waals surface area contributed by atoms with Crippen LogP contribution in [0.4, 0.5) is 8.78 Å². The molecular weight excluding hydrogens is 328 g/mol. The first-order valence-electron chi connectivity index (χ1n) is 8.07. The van der Waals surface area contributed by atoms with Gasteiger partial charge in [0.05, 0.1) is 12.2 Å². The van der Waals surface area contributed by atoms with Gasteiger partial charge in [0.2, 0.25) is 0 Å². The maximum atomic E-state index is 14.0. The van der Waals surface area contributed by atoms with Gasteiger partial charge in [0.15, 0.2) is 0 Å². The third-order valence-corrected chi connectivity index (χ3v) is 4.64. The molecule has 1 saturated heterocycles. The van der Waals surface area contributed by atoms with Crippen LogP contribution in [-0.4, -0.2) is 30.8 Å². The van der Waals surface area contributed by atoms with E-state index in [1.54, 1.807) is 0 Å². The van der Waals surface area contributed by atoms with E-state index in [1.807, 2.05) is 30.3 Å². The van der Waals surface area contributed by atoms with Crippen molar-refractivity contribution in [1.82, 2.24) is 5.32 Å². The molecular formula is C19H19F2NO3. The Morgan fingerprint density at radius 3 is 2.44 bits per heavy atom. The van der Waals surface area contributed by atoms with Gasteiger partial charge >= 0.3 is 5.97 Å². The van der Waals surface area contributed by atoms with E-state index in [1.165, 1.54) is 0 Å². The quantitative estimate of drug-likeness (QED) is 0.843. The summed E-state index contributed by atoms with van der Waals surface area (Å²) >= 11 is 0. The summed E-state index contributed by atoms with van der Waals surface area (Å²) in [5.41, 5.74) is 0.341. The van der Waals surface area contributed by atoms with E-state index < -0.39 is 23.2 Å². The zero-order valence-corrected chi connectivity index (χ0v) is 13.6. The molecule has 2 N–H and O–H groups in total. The molecule has 0 aliphatic carbocycles. The molecule has 0 bridgehead atoms. The van der Waals surface area contributed by atoms with Crippen LogP contribution in [0.1, 0.15) is 27.9 Å². The van der Waals surface area contributed by atoms with Crippen LogP contribution in [0.25, 0.3) is 0 Å². The molecule has 0 aromatic heterocycles. The van der Waals surface area contributed by atoms with Crippen LogP contribution in [0.15, 0.2) is 42.5 Å². The fraction of sp³-hybridized carbons (Fsp3) is 0.316. The second-order valence-electron chi connectivity index (χ2n) is 6.28. The number of halogens is 2. The topological polar surface area (TPSA) is 58.6 Å². The van der Waals surface area contributed by atoms with Crippen LogP contribution in [0.3, 0.4) is 0 Å². The highest BCUT2D eigenvalue weighted by Crippen LogP contribution is 2.32. The number of carboxylic acids is 1. The van der Waals surface area contributed by atoms with Gasteiger partial charge in [-0.3, -0.25) is 0 Å². The highest BCUT2D eigenvalue weighted by atomic mass is 19.1. The summed E-state index contributed by atoms with van der Waals surface area (Å²) in [6, 6.07) is 11.6. The average Bonchev–Trinajstić information content (AvgIpc) is 3.08. The largest absolute Gasteiger partial charge is 0.478 e. The first kappa shape index (κ1) is 17.5. The normalized spacial score (nSPS) is 19.9. The molecule has 25 heavy (non-hydrogen) atoms. The van der Waals surface area contributed by atoms with Crippen molar-refractivity contribution in [2.75, 3.05) is 19.8 Å². The molecule has 2 aromatic carbocycles. The van der Waals surface area contributed by atoms with Gasteiger partial charge in [0, 0.05) is 30.7 Å². The van der Waals surface area contributed by atoms with E-state index in [0.29, 0.717) is 19.8 Å². The fourth-order valence-electron chi connectivity index (χ4n) is 3.19. The molecule has 3 rings (SSSR count). The van der Waals surface area contributed by atoms with Crippen molar-refractivity contribution in [3.63, 3.8) is 0 Å². The number of aromatic carboxylic acids is 1. The molecule has 132 valence electrons. The Hall–Kier alpha value is -2.31. The van der Waals surface area contributed by atoms with E-state index in [-0.39, 0.29) is 17.5 Å². The van der Waals surface area contributed by atoms with Crippen molar-refractivity contribution in [1.29, 1.82) is 0 Å². The van der Waals surface area contributed by atoms with Crippen molar-refractivity contribution >= 4 is 5.97 Å². The number of hydrogen-bond acceptors (Lipinski definition) is 3. The SMILES string of the molecule is O=C(O)c1cc(F)c(CNCC2(c3ccccc3)CCOC2)c(F)c1. The van der Waals surface area contributed by atoms with Gasteiger partial charge in [0.1, 0.15) is 11.6 Å². The smallest absolute Gasteiger partial charge is 0.335 e. The van der Waals surface area contributed by atoms with Gasteiger partial charge in [-0.15, -0.1) is 0 Å². The van der Waals surface area contributed by atoms with E-state index >= 15 is 0 Å². The van der Waals surface area contributed by atoms with Gasteiger partial charge < -0.3 is 15.2 Å². The van der Waals surface area contributed by atoms with Crippen LogP contribution >= 0.6 is 0 Å². The summed E-state index contributed by atoms with van der Waals surface area (Å²) in [5, 5.41) is 11.9. The molecule has 1 atom stereocenters. The molecule has 1 aliphatic rings. The summed E-state index contributed by atoms with van der Waals surface area (Å²) in [7, 11) is 0. The molecule has 0 spiro atoms. The molecule has 6 heteroatoms. The number of benzene rings is 2. The minimum atomic E-state index is -1.36. The van der Waals surface area contributed by atoms with Crippen molar-refractivity contribution in [3.05, 3.63) is 70.8 Å². The molecule has 1 aliphatic heterocycles. The van der Waals surface area contributed by atoms with Crippen LogP contribution in [0, 0.1) is 11.6 Å². The van der Waals surface area contributed by atoms with E-state index in [2.05, 4.69) is 5.32 Å². The third kappa shape index (κ3) is 3.70. The predicted molar refractivity (Wildman–Crippen MR) is 88.6 cm³/mol. The van der Waals surface area contributed by atoms with Gasteiger partial charge in [-0.25, -0.2) is 13.6 Å². The van der Waals surface area contributed by atoms with Gasteiger partial charge in [-0.1, -0.05) is 30.3 Å². The van der Waals surface area contributed by atoms with Crippen molar-refractivity contribution in [2.24, 2.45) is 0 Å². The Kier molecular flexibility index (Phi) is 5.11. The lowest BCUT2D eigenvalue weighted by molar-refractivity contribution is 0.0695. The number of hydrogen-bond donors (Lipinski definition) is 2. The molecule has 0 radical (unpaired) electrons. The second kappa shape index (κ2) is 7.29. The number of nitrogens with one attached hydrogen (secondary N) is 1. The van der Waals surface area contributed by atoms with Crippen molar-refractivity contribution in [3.8, 4) is 0 Å². The molecule has 2 aromatic rings. The Bertz CT molecular complexity index is 736. The maximum absolute atomic E-state index is 14.0. The molecule has 1 fully saturated rings. The molecule has 1 unspecified atom stereocenters. The molecule has 0 amide bonds. The summed E-state index contributed by atoms with van der Waals surface area (Å²) in [6.45, 7) is 1.68. The van der Waals surface area contributed by atoms with Gasteiger partial charge in [0.25, 0.3) is 0 Å². The summed E-state index contributed by atoms with van der Waals surface area (Å²) in [4.78, 5) is 10.8. The van der Waals surface area contributed by atoms with Crippen LogP contribution in [0.5, 0.6) is 0 Å². The lowest BCUT2D eigenvalue weighted by Gasteiger charge is -2.28. The Morgan fingerprint density at radius 1 is 1.20 bits per heavy atom. The highest BCUT2D eigenvalue weighted by Gasteiger charge is 2.36. The minimum absolute atomic E-state index is 0.0217. The predicted octanol–water partition coefficient (Wildman–Crippen LogP) is 3.11. The first-order chi connectivity index (χ1) is 12.0. The number of ether oxygens (including phenoxy) is 1. The van der Waals surface area contributed by atoms with Crippen LogP contribution < -0.4 is 5.32 Å². The number of rotatable bonds is 6. The zero-order valence-electron chi connectivity index (χ0n) is 13.6. The molecule has 0 saturated carbocycles. The average molecular weight is 347 g/mol. The Balaban J connectivity index is 1.73. The van der Waals surface area contributed by atoms with Gasteiger partial charge in [-0.05, 0) is 24.1 Å². The van der Waals surface area contributed by atoms with Crippen molar-refractivity contribution in [2.45, 2.75) is 18.4 Å². The van der Waals surface area contributed by atoms with E-state index in [0.717, 1.165) is 24.1 Å². The van der Waals surface area contributed by atoms with Gasteiger partial charge in [-0.2, -0.15) is 0 Å². The second-order valence-corrected chi connectivity index (χ2v) is 6.28. The minimum Gasteiger partial charge on any atom is -0.478 e. The fourth-order valence-corrected chi connectivity index (χ4v) is 3.19. The van der Waals surface area contributed by atoms with E-state index in [4.69, 9.17) is 9.84 Å². The lowest BCUT2D eigenvalue weighted by atomic mass is 9.79. The lowest BCUT2D eigenvalue weighted by Crippen LogP contribution is -2.38. The Morgan fingerprint density at radius 2 is 1.88 bits per heavy atom. The first-order valence-corrected chi connectivity index (χ1v) is 8.07. The summed E-state index contributed by atoms with van der Waals surface area (Å²) in [6.07, 6.45) is 0.826. The zero-order chi connectivity index (χ0) is 17.9. The summed E-state index contributed by atoms with van der Waals surface area (Å²) < 4.78 is 33.6. The maximum Gasteiger partial charge on any atom is 0.335 e. The number of carboxylic acid groups (broad SMARTS) is 1. The standard InChI is InChI=1S/C19H19F2NO3/c20-16-8-13(18(23)24)9-17(21)15(16)10-22-11-19(6-7-25-12-19)14-4-2-1-3-5-14/h1-5,8-9,22H,6-7,10-12H2,(H,23,24). The van der Waals surface area contributed by atoms with Crippen LogP contribution in [-0.2, 0) is 16.7 Å². The number of carbonyl (C=O) groups is 1. The Labute approximate surface area is 144 Å².